The number of aryl methyl sites for hydroxylation is 1. The van der Waals surface area contributed by atoms with E-state index in [1.807, 2.05) is 31.2 Å². The lowest BCUT2D eigenvalue weighted by Crippen LogP contribution is -2.44. The summed E-state index contributed by atoms with van der Waals surface area (Å²) in [5, 5.41) is 5.96. The van der Waals surface area contributed by atoms with E-state index in [0.717, 1.165) is 11.1 Å². The van der Waals surface area contributed by atoms with Crippen molar-refractivity contribution in [3.05, 3.63) is 35.4 Å². The first-order valence-electron chi connectivity index (χ1n) is 8.83. The van der Waals surface area contributed by atoms with E-state index in [2.05, 4.69) is 10.5 Å². The molecule has 1 rings (SSSR count). The van der Waals surface area contributed by atoms with Gasteiger partial charge in [0, 0.05) is 12.8 Å². The quantitative estimate of drug-likeness (QED) is 0.264. The van der Waals surface area contributed by atoms with Crippen molar-refractivity contribution in [2.24, 2.45) is 16.6 Å². The zero-order valence-electron chi connectivity index (χ0n) is 16.7. The Morgan fingerprint density at radius 1 is 1.14 bits per heavy atom. The van der Waals surface area contributed by atoms with Crippen molar-refractivity contribution in [1.82, 2.24) is 5.32 Å². The molecule has 0 aliphatic carbocycles. The number of amides is 2. The second-order valence-electron chi connectivity index (χ2n) is 7.36. The van der Waals surface area contributed by atoms with Crippen LogP contribution >= 0.6 is 0 Å². The summed E-state index contributed by atoms with van der Waals surface area (Å²) in [5.41, 5.74) is 12.2. The van der Waals surface area contributed by atoms with E-state index in [0.29, 0.717) is 6.42 Å². The summed E-state index contributed by atoms with van der Waals surface area (Å²) in [6.07, 6.45) is -0.715. The van der Waals surface area contributed by atoms with E-state index < -0.39 is 29.6 Å². The normalized spacial score (nSPS) is 12.8. The van der Waals surface area contributed by atoms with Crippen LogP contribution in [0.15, 0.2) is 29.4 Å². The number of nitrogens with two attached hydrogens (primary N) is 2. The number of benzene rings is 1. The minimum atomic E-state index is -1.15. The van der Waals surface area contributed by atoms with Gasteiger partial charge in [0.15, 0.2) is 0 Å². The van der Waals surface area contributed by atoms with Crippen LogP contribution in [0.3, 0.4) is 0 Å². The molecule has 0 aromatic heterocycles. The van der Waals surface area contributed by atoms with Gasteiger partial charge in [0.2, 0.25) is 5.91 Å². The highest BCUT2D eigenvalue weighted by atomic mass is 16.7. The summed E-state index contributed by atoms with van der Waals surface area (Å²) in [6, 6.07) is 6.48. The summed E-state index contributed by atoms with van der Waals surface area (Å²) < 4.78 is 5.10. The zero-order chi connectivity index (χ0) is 21.3. The number of nitrogens with one attached hydrogen (secondary N) is 1. The lowest BCUT2D eigenvalue weighted by atomic mass is 10.1. The van der Waals surface area contributed by atoms with Gasteiger partial charge in [-0.05, 0) is 39.7 Å². The summed E-state index contributed by atoms with van der Waals surface area (Å²) in [6.45, 7) is 7.01. The number of carbonyl (C=O) groups excluding carboxylic acids is 3. The average Bonchev–Trinajstić information content (AvgIpc) is 2.56. The van der Waals surface area contributed by atoms with E-state index in [4.69, 9.17) is 21.0 Å². The standard InChI is InChI=1S/C19H28N4O5/c1-12-5-7-13(8-6-12)11-15(20)23-28-17(25)14(9-10-16(21)24)22-18(26)27-19(2,3)4/h5-8,14H,9-11H2,1-4H3,(H2,20,23)(H2,21,24)(H,22,26)/t14-/m0/s1. The Kier molecular flexibility index (Phi) is 8.43. The van der Waals surface area contributed by atoms with E-state index in [9.17, 15) is 14.4 Å². The summed E-state index contributed by atoms with van der Waals surface area (Å²) >= 11 is 0. The Bertz CT molecular complexity index is 723. The highest BCUT2D eigenvalue weighted by Gasteiger charge is 2.26. The molecule has 2 amide bonds. The van der Waals surface area contributed by atoms with E-state index in [-0.39, 0.29) is 18.7 Å². The lowest BCUT2D eigenvalue weighted by molar-refractivity contribution is -0.146. The molecule has 1 atom stereocenters. The van der Waals surface area contributed by atoms with Gasteiger partial charge in [0.05, 0.1) is 0 Å². The second-order valence-corrected chi connectivity index (χ2v) is 7.36. The molecule has 0 fully saturated rings. The monoisotopic (exact) mass is 392 g/mol. The Labute approximate surface area is 164 Å². The maximum absolute atomic E-state index is 12.3. The van der Waals surface area contributed by atoms with E-state index in [1.54, 1.807) is 20.8 Å². The van der Waals surface area contributed by atoms with Crippen LogP contribution in [0.25, 0.3) is 0 Å². The smallest absolute Gasteiger partial charge is 0.408 e. The SMILES string of the molecule is Cc1ccc(C/C(N)=N/OC(=O)[C@H](CCC(N)=O)NC(=O)OC(C)(C)C)cc1. The molecule has 1 aromatic carbocycles. The maximum atomic E-state index is 12.3. The molecule has 0 aliphatic heterocycles. The molecule has 9 nitrogen and oxygen atoms in total. The van der Waals surface area contributed by atoms with E-state index in [1.165, 1.54) is 0 Å². The van der Waals surface area contributed by atoms with Crippen LogP contribution < -0.4 is 16.8 Å². The van der Waals surface area contributed by atoms with Gasteiger partial charge in [-0.15, -0.1) is 0 Å². The van der Waals surface area contributed by atoms with E-state index >= 15 is 0 Å². The Hall–Kier alpha value is -3.10. The number of carbonyl (C=O) groups is 3. The van der Waals surface area contributed by atoms with Crippen LogP contribution in [-0.4, -0.2) is 35.4 Å². The molecule has 0 saturated carbocycles. The fourth-order valence-corrected chi connectivity index (χ4v) is 2.10. The summed E-state index contributed by atoms with van der Waals surface area (Å²) in [5.74, 6) is -1.41. The molecule has 0 saturated heterocycles. The highest BCUT2D eigenvalue weighted by molar-refractivity contribution is 5.85. The van der Waals surface area contributed by atoms with Crippen molar-refractivity contribution in [2.75, 3.05) is 0 Å². The predicted molar refractivity (Wildman–Crippen MR) is 104 cm³/mol. The first-order valence-corrected chi connectivity index (χ1v) is 8.83. The van der Waals surface area contributed by atoms with Crippen molar-refractivity contribution in [3.63, 3.8) is 0 Å². The van der Waals surface area contributed by atoms with Crippen molar-refractivity contribution in [1.29, 1.82) is 0 Å². The third-order valence-electron chi connectivity index (χ3n) is 3.41. The molecular weight excluding hydrogens is 364 g/mol. The number of nitrogens with zero attached hydrogens (tertiary/aromatic N) is 1. The molecule has 0 radical (unpaired) electrons. The van der Waals surface area contributed by atoms with Gasteiger partial charge >= 0.3 is 12.1 Å². The minimum absolute atomic E-state index is 0.0548. The highest BCUT2D eigenvalue weighted by Crippen LogP contribution is 2.09. The van der Waals surface area contributed by atoms with Crippen LogP contribution in [0.1, 0.15) is 44.7 Å². The van der Waals surface area contributed by atoms with Crippen LogP contribution in [0.4, 0.5) is 4.79 Å². The van der Waals surface area contributed by atoms with Gasteiger partial charge in [0.25, 0.3) is 0 Å². The molecule has 9 heteroatoms. The predicted octanol–water partition coefficient (Wildman–Crippen LogP) is 1.51. The lowest BCUT2D eigenvalue weighted by Gasteiger charge is -2.22. The number of hydrogen-bond donors (Lipinski definition) is 3. The number of oxime groups is 1. The molecule has 5 N–H and O–H groups in total. The Balaban J connectivity index is 2.71. The molecule has 0 aliphatic rings. The Morgan fingerprint density at radius 2 is 1.75 bits per heavy atom. The number of rotatable bonds is 8. The molecule has 0 heterocycles. The average molecular weight is 392 g/mol. The third kappa shape index (κ3) is 9.56. The molecule has 28 heavy (non-hydrogen) atoms. The third-order valence-corrected chi connectivity index (χ3v) is 3.41. The maximum Gasteiger partial charge on any atom is 0.408 e. The summed E-state index contributed by atoms with van der Waals surface area (Å²) in [7, 11) is 0. The first kappa shape index (κ1) is 22.9. The second kappa shape index (κ2) is 10.3. The molecule has 1 aromatic rings. The van der Waals surface area contributed by atoms with Gasteiger partial charge in [-0.2, -0.15) is 0 Å². The molecule has 0 bridgehead atoms. The molecular formula is C19H28N4O5. The molecule has 154 valence electrons. The van der Waals surface area contributed by atoms with Gasteiger partial charge in [-0.25, -0.2) is 9.59 Å². The minimum Gasteiger partial charge on any atom is -0.444 e. The van der Waals surface area contributed by atoms with Gasteiger partial charge in [-0.3, -0.25) is 4.79 Å². The fraction of sp³-hybridized carbons (Fsp3) is 0.474. The van der Waals surface area contributed by atoms with Crippen molar-refractivity contribution in [2.45, 2.75) is 58.6 Å². The Morgan fingerprint density at radius 3 is 2.29 bits per heavy atom. The zero-order valence-corrected chi connectivity index (χ0v) is 16.7. The number of ether oxygens (including phenoxy) is 1. The van der Waals surface area contributed by atoms with Crippen molar-refractivity contribution >= 4 is 23.8 Å². The van der Waals surface area contributed by atoms with Gasteiger partial charge in [0.1, 0.15) is 17.5 Å². The fourth-order valence-electron chi connectivity index (χ4n) is 2.10. The van der Waals surface area contributed by atoms with Gasteiger partial charge < -0.3 is 26.4 Å². The summed E-state index contributed by atoms with van der Waals surface area (Å²) in [4.78, 5) is 40.0. The number of alkyl carbamates (subject to hydrolysis) is 1. The molecule has 0 unspecified atom stereocenters. The number of amidine groups is 1. The molecule has 0 spiro atoms. The topological polar surface area (TPSA) is 146 Å². The van der Waals surface area contributed by atoms with Crippen molar-refractivity contribution in [3.8, 4) is 0 Å². The van der Waals surface area contributed by atoms with Crippen LogP contribution in [-0.2, 0) is 25.6 Å². The van der Waals surface area contributed by atoms with Gasteiger partial charge in [-0.1, -0.05) is 35.0 Å². The van der Waals surface area contributed by atoms with Crippen LogP contribution in [0.5, 0.6) is 0 Å². The first-order chi connectivity index (χ1) is 13.0. The van der Waals surface area contributed by atoms with Crippen molar-refractivity contribution < 1.29 is 24.0 Å². The largest absolute Gasteiger partial charge is 0.444 e. The van der Waals surface area contributed by atoms with Crippen LogP contribution in [0, 0.1) is 6.92 Å². The van der Waals surface area contributed by atoms with Crippen LogP contribution in [0.2, 0.25) is 0 Å². The number of hydrogen-bond acceptors (Lipinski definition) is 6. The number of primary amides is 1.